The maximum Gasteiger partial charge on any atom is 0.248 e. The van der Waals surface area contributed by atoms with Gasteiger partial charge in [-0.1, -0.05) is 19.8 Å². The highest BCUT2D eigenvalue weighted by Crippen LogP contribution is 2.23. The lowest BCUT2D eigenvalue weighted by Gasteiger charge is -2.21. The number of nitrogens with zero attached hydrogens (tertiary/aromatic N) is 1. The summed E-state index contributed by atoms with van der Waals surface area (Å²) in [6, 6.07) is 5.14. The van der Waals surface area contributed by atoms with Crippen LogP contribution in [0, 0.1) is 0 Å². The van der Waals surface area contributed by atoms with Gasteiger partial charge in [0.2, 0.25) is 5.91 Å². The lowest BCUT2D eigenvalue weighted by Crippen LogP contribution is -2.21. The Kier molecular flexibility index (Phi) is 4.82. The van der Waals surface area contributed by atoms with Crippen LogP contribution < -0.4 is 16.4 Å². The highest BCUT2D eigenvalue weighted by molar-refractivity contribution is 5.95. The van der Waals surface area contributed by atoms with E-state index in [1.165, 1.54) is 12.8 Å². The minimum atomic E-state index is -0.423. The molecule has 0 aliphatic carbocycles. The second-order valence-corrected chi connectivity index (χ2v) is 4.27. The number of rotatable bonds is 6. The van der Waals surface area contributed by atoms with Crippen LogP contribution in [-0.4, -0.2) is 19.5 Å². The van der Waals surface area contributed by atoms with E-state index in [0.717, 1.165) is 18.7 Å². The number of carbonyl (C=O) groups is 1. The first kappa shape index (κ1) is 13.4. The van der Waals surface area contributed by atoms with Crippen molar-refractivity contribution in [3.63, 3.8) is 0 Å². The van der Waals surface area contributed by atoms with Gasteiger partial charge in [-0.3, -0.25) is 4.79 Å². The first-order valence-electron chi connectivity index (χ1n) is 5.96. The molecule has 4 N–H and O–H groups in total. The SMILES string of the molecule is CCCCCN(C)c1cc(C(N)=O)ccc1N. The molecule has 0 aliphatic rings. The third kappa shape index (κ3) is 3.66. The molecule has 0 saturated heterocycles. The lowest BCUT2D eigenvalue weighted by molar-refractivity contribution is 0.100. The number of carbonyl (C=O) groups excluding carboxylic acids is 1. The average Bonchev–Trinajstić information content (AvgIpc) is 2.29. The van der Waals surface area contributed by atoms with Gasteiger partial charge in [0.25, 0.3) is 0 Å². The zero-order valence-corrected chi connectivity index (χ0v) is 10.6. The third-order valence-corrected chi connectivity index (χ3v) is 2.82. The van der Waals surface area contributed by atoms with Crippen LogP contribution in [0.4, 0.5) is 11.4 Å². The minimum Gasteiger partial charge on any atom is -0.397 e. The molecule has 0 radical (unpaired) electrons. The van der Waals surface area contributed by atoms with Gasteiger partial charge in [-0.2, -0.15) is 0 Å². The van der Waals surface area contributed by atoms with Gasteiger partial charge in [-0.05, 0) is 24.6 Å². The lowest BCUT2D eigenvalue weighted by atomic mass is 10.1. The first-order valence-corrected chi connectivity index (χ1v) is 5.96. The van der Waals surface area contributed by atoms with Gasteiger partial charge in [0.15, 0.2) is 0 Å². The molecule has 94 valence electrons. The van der Waals surface area contributed by atoms with Crippen LogP contribution in [0.2, 0.25) is 0 Å². The van der Waals surface area contributed by atoms with E-state index in [-0.39, 0.29) is 0 Å². The fourth-order valence-electron chi connectivity index (χ4n) is 1.75. The van der Waals surface area contributed by atoms with Crippen molar-refractivity contribution in [3.05, 3.63) is 23.8 Å². The molecule has 1 rings (SSSR count). The molecule has 4 heteroatoms. The molecule has 0 spiro atoms. The summed E-state index contributed by atoms with van der Waals surface area (Å²) < 4.78 is 0. The summed E-state index contributed by atoms with van der Waals surface area (Å²) in [5, 5.41) is 0. The van der Waals surface area contributed by atoms with E-state index in [4.69, 9.17) is 11.5 Å². The number of unbranched alkanes of at least 4 members (excludes halogenated alkanes) is 2. The molecular formula is C13H21N3O. The summed E-state index contributed by atoms with van der Waals surface area (Å²) in [4.78, 5) is 13.2. The van der Waals surface area contributed by atoms with Gasteiger partial charge >= 0.3 is 0 Å². The van der Waals surface area contributed by atoms with Crippen LogP contribution in [0.5, 0.6) is 0 Å². The number of nitrogens with two attached hydrogens (primary N) is 2. The van der Waals surface area contributed by atoms with Crippen LogP contribution in [0.3, 0.4) is 0 Å². The molecule has 0 aromatic heterocycles. The Hall–Kier alpha value is -1.71. The van der Waals surface area contributed by atoms with Gasteiger partial charge in [-0.25, -0.2) is 0 Å². The fraction of sp³-hybridized carbons (Fsp3) is 0.462. The summed E-state index contributed by atoms with van der Waals surface area (Å²) in [6.45, 7) is 3.10. The number of amides is 1. The van der Waals surface area contributed by atoms with Gasteiger partial charge in [-0.15, -0.1) is 0 Å². The molecule has 1 aromatic carbocycles. The number of benzene rings is 1. The molecule has 0 aliphatic heterocycles. The van der Waals surface area contributed by atoms with Crippen molar-refractivity contribution in [2.24, 2.45) is 5.73 Å². The second-order valence-electron chi connectivity index (χ2n) is 4.27. The standard InChI is InChI=1S/C13H21N3O/c1-3-4-5-8-16(2)12-9-10(13(15)17)6-7-11(12)14/h6-7,9H,3-5,8,14H2,1-2H3,(H2,15,17). The van der Waals surface area contributed by atoms with E-state index < -0.39 is 5.91 Å². The molecule has 0 atom stereocenters. The first-order chi connectivity index (χ1) is 8.06. The van der Waals surface area contributed by atoms with Gasteiger partial charge in [0.1, 0.15) is 0 Å². The molecule has 0 bridgehead atoms. The van der Waals surface area contributed by atoms with Gasteiger partial charge in [0.05, 0.1) is 11.4 Å². The monoisotopic (exact) mass is 235 g/mol. The summed E-state index contributed by atoms with van der Waals surface area (Å²) in [5.41, 5.74) is 13.2. The van der Waals surface area contributed by atoms with Crippen molar-refractivity contribution < 1.29 is 4.79 Å². The predicted octanol–water partition coefficient (Wildman–Crippen LogP) is 1.99. The maximum absolute atomic E-state index is 11.1. The number of nitrogen functional groups attached to an aromatic ring is 1. The number of hydrogen-bond donors (Lipinski definition) is 2. The van der Waals surface area contributed by atoms with E-state index in [1.807, 2.05) is 7.05 Å². The van der Waals surface area contributed by atoms with Crippen molar-refractivity contribution in [2.45, 2.75) is 26.2 Å². The Bertz CT molecular complexity index is 390. The van der Waals surface area contributed by atoms with E-state index in [9.17, 15) is 4.79 Å². The largest absolute Gasteiger partial charge is 0.397 e. The number of primary amides is 1. The quantitative estimate of drug-likeness (QED) is 0.585. The summed E-state index contributed by atoms with van der Waals surface area (Å²) in [5.74, 6) is -0.423. The van der Waals surface area contributed by atoms with E-state index in [1.54, 1.807) is 18.2 Å². The Morgan fingerprint density at radius 2 is 2.06 bits per heavy atom. The molecule has 17 heavy (non-hydrogen) atoms. The Balaban J connectivity index is 2.80. The third-order valence-electron chi connectivity index (χ3n) is 2.82. The number of hydrogen-bond acceptors (Lipinski definition) is 3. The zero-order valence-electron chi connectivity index (χ0n) is 10.6. The van der Waals surface area contributed by atoms with Crippen LogP contribution >= 0.6 is 0 Å². The fourth-order valence-corrected chi connectivity index (χ4v) is 1.75. The Morgan fingerprint density at radius 1 is 1.35 bits per heavy atom. The van der Waals surface area contributed by atoms with Crippen molar-refractivity contribution in [3.8, 4) is 0 Å². The molecule has 0 heterocycles. The summed E-state index contributed by atoms with van der Waals surface area (Å²) in [7, 11) is 1.98. The van der Waals surface area contributed by atoms with Crippen molar-refractivity contribution in [1.29, 1.82) is 0 Å². The Morgan fingerprint density at radius 3 is 2.65 bits per heavy atom. The van der Waals surface area contributed by atoms with Crippen molar-refractivity contribution in [1.82, 2.24) is 0 Å². The van der Waals surface area contributed by atoms with Crippen LogP contribution in [0.15, 0.2) is 18.2 Å². The molecule has 0 fully saturated rings. The molecule has 4 nitrogen and oxygen atoms in total. The van der Waals surface area contributed by atoms with Crippen LogP contribution in [-0.2, 0) is 0 Å². The van der Waals surface area contributed by atoms with Crippen LogP contribution in [0.25, 0.3) is 0 Å². The Labute approximate surface area is 103 Å². The van der Waals surface area contributed by atoms with Crippen LogP contribution in [0.1, 0.15) is 36.5 Å². The normalized spacial score (nSPS) is 10.2. The molecule has 0 unspecified atom stereocenters. The van der Waals surface area contributed by atoms with Crippen molar-refractivity contribution >= 4 is 17.3 Å². The van der Waals surface area contributed by atoms with E-state index in [0.29, 0.717) is 11.3 Å². The topological polar surface area (TPSA) is 72.3 Å². The predicted molar refractivity (Wildman–Crippen MR) is 72.2 cm³/mol. The summed E-state index contributed by atoms with van der Waals surface area (Å²) >= 11 is 0. The van der Waals surface area contributed by atoms with Crippen molar-refractivity contribution in [2.75, 3.05) is 24.2 Å². The highest BCUT2D eigenvalue weighted by atomic mass is 16.1. The molecule has 0 saturated carbocycles. The summed E-state index contributed by atoms with van der Waals surface area (Å²) in [6.07, 6.45) is 3.50. The van der Waals surface area contributed by atoms with Gasteiger partial charge in [0, 0.05) is 19.2 Å². The number of anilines is 2. The maximum atomic E-state index is 11.1. The molecular weight excluding hydrogens is 214 g/mol. The zero-order chi connectivity index (χ0) is 12.8. The van der Waals surface area contributed by atoms with Gasteiger partial charge < -0.3 is 16.4 Å². The van der Waals surface area contributed by atoms with E-state index in [2.05, 4.69) is 11.8 Å². The smallest absolute Gasteiger partial charge is 0.248 e. The molecule has 1 aromatic rings. The molecule has 1 amide bonds. The van der Waals surface area contributed by atoms with E-state index >= 15 is 0 Å². The second kappa shape index (κ2) is 6.13. The minimum absolute atomic E-state index is 0.423. The average molecular weight is 235 g/mol. The highest BCUT2D eigenvalue weighted by Gasteiger charge is 2.08.